The lowest BCUT2D eigenvalue weighted by molar-refractivity contribution is -0.140. The number of halogens is 2. The molecule has 0 spiro atoms. The van der Waals surface area contributed by atoms with Gasteiger partial charge in [-0.15, -0.1) is 0 Å². The number of nitrogens with zero attached hydrogens (tertiary/aromatic N) is 2. The number of nitrogens with one attached hydrogen (secondary N) is 1. The summed E-state index contributed by atoms with van der Waals surface area (Å²) < 4.78 is 29.0. The van der Waals surface area contributed by atoms with Crippen LogP contribution in [-0.4, -0.2) is 43.8 Å². The van der Waals surface area contributed by atoms with Crippen molar-refractivity contribution >= 4 is 50.7 Å². The Hall–Kier alpha value is -3.07. The molecule has 1 fully saturated rings. The highest BCUT2D eigenvalue weighted by molar-refractivity contribution is 7.92. The van der Waals surface area contributed by atoms with E-state index in [1.807, 2.05) is 26.0 Å². The maximum absolute atomic E-state index is 14.2. The quantitative estimate of drug-likeness (QED) is 0.244. The summed E-state index contributed by atoms with van der Waals surface area (Å²) in [4.78, 5) is 29.3. The van der Waals surface area contributed by atoms with Gasteiger partial charge in [-0.25, -0.2) is 8.42 Å². The Balaban J connectivity index is 1.72. The summed E-state index contributed by atoms with van der Waals surface area (Å²) in [5, 5.41) is 3.82. The van der Waals surface area contributed by atoms with E-state index in [2.05, 4.69) is 5.32 Å². The van der Waals surface area contributed by atoms with Crippen molar-refractivity contribution in [1.82, 2.24) is 10.2 Å². The number of carbonyl (C=O) groups excluding carboxylic acids is 2. The van der Waals surface area contributed by atoms with Gasteiger partial charge in [-0.3, -0.25) is 13.9 Å². The van der Waals surface area contributed by atoms with Crippen LogP contribution >= 0.6 is 23.2 Å². The fourth-order valence-electron chi connectivity index (χ4n) is 5.27. The lowest BCUT2D eigenvalue weighted by Crippen LogP contribution is -2.53. The molecule has 0 heterocycles. The largest absolute Gasteiger partial charge is 0.352 e. The van der Waals surface area contributed by atoms with Gasteiger partial charge in [0.05, 0.1) is 20.6 Å². The predicted octanol–water partition coefficient (Wildman–Crippen LogP) is 6.62. The summed E-state index contributed by atoms with van der Waals surface area (Å²) in [6.07, 6.45) is 5.05. The Morgan fingerprint density at radius 2 is 1.55 bits per heavy atom. The molecule has 10 heteroatoms. The van der Waals surface area contributed by atoms with Gasteiger partial charge in [-0.2, -0.15) is 0 Å². The maximum Gasteiger partial charge on any atom is 0.264 e. The van der Waals surface area contributed by atoms with Crippen LogP contribution in [0.2, 0.25) is 10.0 Å². The van der Waals surface area contributed by atoms with Crippen molar-refractivity contribution in [1.29, 1.82) is 0 Å². The van der Waals surface area contributed by atoms with Gasteiger partial charge < -0.3 is 10.2 Å². The zero-order valence-electron chi connectivity index (χ0n) is 23.9. The van der Waals surface area contributed by atoms with E-state index in [-0.39, 0.29) is 23.4 Å². The van der Waals surface area contributed by atoms with Crippen LogP contribution < -0.4 is 9.62 Å². The molecule has 0 saturated heterocycles. The lowest BCUT2D eigenvalue weighted by atomic mass is 10.1. The van der Waals surface area contributed by atoms with Gasteiger partial charge in [0.25, 0.3) is 10.0 Å². The topological polar surface area (TPSA) is 86.8 Å². The molecule has 0 radical (unpaired) electrons. The van der Waals surface area contributed by atoms with Gasteiger partial charge >= 0.3 is 0 Å². The van der Waals surface area contributed by atoms with Crippen LogP contribution in [0.4, 0.5) is 5.69 Å². The third-order valence-corrected chi connectivity index (χ3v) is 10.2. The monoisotopic (exact) mass is 629 g/mol. The minimum Gasteiger partial charge on any atom is -0.352 e. The van der Waals surface area contributed by atoms with Crippen LogP contribution in [0.25, 0.3) is 0 Å². The molecule has 1 aliphatic rings. The first-order valence-electron chi connectivity index (χ1n) is 14.3. The van der Waals surface area contributed by atoms with E-state index in [0.29, 0.717) is 27.7 Å². The van der Waals surface area contributed by atoms with Crippen molar-refractivity contribution in [3.05, 3.63) is 94.0 Å². The zero-order valence-corrected chi connectivity index (χ0v) is 26.3. The number of aryl methyl sites for hydroxylation is 1. The van der Waals surface area contributed by atoms with Gasteiger partial charge in [0, 0.05) is 12.6 Å². The van der Waals surface area contributed by atoms with Crippen molar-refractivity contribution in [3.8, 4) is 0 Å². The van der Waals surface area contributed by atoms with Crippen molar-refractivity contribution in [2.45, 2.75) is 75.9 Å². The third-order valence-electron chi connectivity index (χ3n) is 7.67. The number of amides is 2. The molecule has 0 bridgehead atoms. The maximum atomic E-state index is 14.2. The Morgan fingerprint density at radius 1 is 0.905 bits per heavy atom. The summed E-state index contributed by atoms with van der Waals surface area (Å²) in [5.41, 5.74) is 2.08. The Morgan fingerprint density at radius 3 is 2.14 bits per heavy atom. The molecule has 3 aromatic rings. The second-order valence-corrected chi connectivity index (χ2v) is 13.2. The molecule has 42 heavy (non-hydrogen) atoms. The average Bonchev–Trinajstić information content (AvgIpc) is 3.51. The van der Waals surface area contributed by atoms with Gasteiger partial charge in [0.2, 0.25) is 11.8 Å². The molecule has 3 aromatic carbocycles. The van der Waals surface area contributed by atoms with Crippen molar-refractivity contribution < 1.29 is 18.0 Å². The molecular formula is C32H37Cl2N3O4S. The first-order chi connectivity index (χ1) is 20.1. The predicted molar refractivity (Wildman–Crippen MR) is 168 cm³/mol. The van der Waals surface area contributed by atoms with Crippen LogP contribution in [0.5, 0.6) is 0 Å². The molecule has 224 valence electrons. The zero-order chi connectivity index (χ0) is 30.3. The molecule has 0 unspecified atom stereocenters. The highest BCUT2D eigenvalue weighted by Crippen LogP contribution is 2.27. The fraction of sp³-hybridized carbons (Fsp3) is 0.375. The standard InChI is InChI=1S/C32H37Cl2N3O4S/c1-3-23-14-17-26(18-15-23)37(42(40,41)27-12-6-5-7-13-27)22-31(38)36(21-24-16-19-28(33)29(34)20-24)30(4-2)32(39)35-25-10-8-9-11-25/h5-7,12-20,25,30H,3-4,8-11,21-22H2,1-2H3,(H,35,39)/t30-/m1/s1. The molecule has 0 aromatic heterocycles. The smallest absolute Gasteiger partial charge is 0.264 e. The Kier molecular flexibility index (Phi) is 10.9. The van der Waals surface area contributed by atoms with E-state index in [9.17, 15) is 18.0 Å². The Bertz CT molecular complexity index is 1480. The summed E-state index contributed by atoms with van der Waals surface area (Å²) >= 11 is 12.4. The van der Waals surface area contributed by atoms with E-state index in [1.165, 1.54) is 17.0 Å². The Labute approximate surface area is 258 Å². The SMILES string of the molecule is CCc1ccc(N(CC(=O)N(Cc2ccc(Cl)c(Cl)c2)[C@H](CC)C(=O)NC2CCCC2)S(=O)(=O)c2ccccc2)cc1. The van der Waals surface area contributed by atoms with Crippen LogP contribution in [0, 0.1) is 0 Å². The third kappa shape index (κ3) is 7.65. The molecule has 2 amide bonds. The van der Waals surface area contributed by atoms with Crippen molar-refractivity contribution in [2.24, 2.45) is 0 Å². The van der Waals surface area contributed by atoms with E-state index in [0.717, 1.165) is 42.0 Å². The van der Waals surface area contributed by atoms with Gasteiger partial charge in [0.1, 0.15) is 12.6 Å². The first kappa shape index (κ1) is 31.9. The first-order valence-corrected chi connectivity index (χ1v) is 16.5. The molecule has 7 nitrogen and oxygen atoms in total. The minimum atomic E-state index is -4.11. The molecule has 1 N–H and O–H groups in total. The highest BCUT2D eigenvalue weighted by Gasteiger charge is 2.34. The van der Waals surface area contributed by atoms with Gasteiger partial charge in [-0.1, -0.05) is 86.3 Å². The van der Waals surface area contributed by atoms with Gasteiger partial charge in [0.15, 0.2) is 0 Å². The fourth-order valence-corrected chi connectivity index (χ4v) is 7.02. The molecule has 1 atom stereocenters. The number of hydrogen-bond donors (Lipinski definition) is 1. The number of sulfonamides is 1. The molecule has 4 rings (SSSR count). The minimum absolute atomic E-state index is 0.0559. The number of anilines is 1. The summed E-state index contributed by atoms with van der Waals surface area (Å²) in [7, 11) is -4.11. The number of hydrogen-bond acceptors (Lipinski definition) is 4. The number of rotatable bonds is 12. The van der Waals surface area contributed by atoms with E-state index in [1.54, 1.807) is 48.5 Å². The summed E-state index contributed by atoms with van der Waals surface area (Å²) in [5.74, 6) is -0.754. The van der Waals surface area contributed by atoms with Crippen LogP contribution in [0.1, 0.15) is 57.1 Å². The van der Waals surface area contributed by atoms with Crippen LogP contribution in [0.3, 0.4) is 0 Å². The van der Waals surface area contributed by atoms with Crippen LogP contribution in [0.15, 0.2) is 77.7 Å². The number of benzene rings is 3. The highest BCUT2D eigenvalue weighted by atomic mass is 35.5. The number of carbonyl (C=O) groups is 2. The van der Waals surface area contributed by atoms with E-state index in [4.69, 9.17) is 23.2 Å². The average molecular weight is 631 g/mol. The van der Waals surface area contributed by atoms with Gasteiger partial charge in [-0.05, 0) is 73.2 Å². The second-order valence-electron chi connectivity index (χ2n) is 10.5. The summed E-state index contributed by atoms with van der Waals surface area (Å²) in [6, 6.07) is 19.5. The molecular weight excluding hydrogens is 593 g/mol. The van der Waals surface area contributed by atoms with Crippen molar-refractivity contribution in [2.75, 3.05) is 10.8 Å². The van der Waals surface area contributed by atoms with Crippen molar-refractivity contribution in [3.63, 3.8) is 0 Å². The molecule has 1 aliphatic carbocycles. The van der Waals surface area contributed by atoms with E-state index < -0.39 is 28.5 Å². The normalized spacial score (nSPS) is 14.4. The summed E-state index contributed by atoms with van der Waals surface area (Å²) in [6.45, 7) is 3.42. The molecule has 1 saturated carbocycles. The lowest BCUT2D eigenvalue weighted by Gasteiger charge is -2.34. The van der Waals surface area contributed by atoms with Crippen LogP contribution in [-0.2, 0) is 32.6 Å². The second kappa shape index (κ2) is 14.4. The molecule has 0 aliphatic heterocycles. The van der Waals surface area contributed by atoms with E-state index >= 15 is 0 Å².